The van der Waals surface area contributed by atoms with Crippen LogP contribution in [0.3, 0.4) is 0 Å². The van der Waals surface area contributed by atoms with Crippen molar-refractivity contribution in [3.63, 3.8) is 0 Å². The van der Waals surface area contributed by atoms with Gasteiger partial charge in [0, 0.05) is 25.6 Å². The van der Waals surface area contributed by atoms with Gasteiger partial charge in [-0.15, -0.1) is 0 Å². The zero-order valence-electron chi connectivity index (χ0n) is 11.5. The van der Waals surface area contributed by atoms with Crippen molar-refractivity contribution in [2.45, 2.75) is 39.2 Å². The third-order valence-corrected chi connectivity index (χ3v) is 4.44. The fourth-order valence-corrected chi connectivity index (χ4v) is 3.15. The highest BCUT2D eigenvalue weighted by molar-refractivity contribution is 7.88. The van der Waals surface area contributed by atoms with Gasteiger partial charge >= 0.3 is 0 Å². The molecule has 5 nitrogen and oxygen atoms in total. The lowest BCUT2D eigenvalue weighted by atomic mass is 9.94. The molecular formula is C12H24N2O3S. The fourth-order valence-electron chi connectivity index (χ4n) is 2.21. The average Bonchev–Trinajstić information content (AvgIpc) is 2.25. The molecule has 1 aliphatic heterocycles. The summed E-state index contributed by atoms with van der Waals surface area (Å²) in [5, 5.41) is 3.09. The summed E-state index contributed by atoms with van der Waals surface area (Å²) in [5.74, 6) is 0.346. The van der Waals surface area contributed by atoms with Crippen LogP contribution >= 0.6 is 0 Å². The Balaban J connectivity index is 2.41. The van der Waals surface area contributed by atoms with Gasteiger partial charge in [-0.05, 0) is 18.8 Å². The maximum atomic E-state index is 11.7. The molecule has 1 saturated heterocycles. The second-order valence-electron chi connectivity index (χ2n) is 5.41. The lowest BCUT2D eigenvalue weighted by Crippen LogP contribution is -2.40. The monoisotopic (exact) mass is 276 g/mol. The number of nitrogens with one attached hydrogen (secondary N) is 1. The van der Waals surface area contributed by atoms with E-state index in [0.717, 1.165) is 12.8 Å². The first kappa shape index (κ1) is 15.6. The van der Waals surface area contributed by atoms with Gasteiger partial charge in [0.15, 0.2) is 0 Å². The minimum Gasteiger partial charge on any atom is -0.308 e. The zero-order chi connectivity index (χ0) is 13.8. The van der Waals surface area contributed by atoms with Crippen molar-refractivity contribution < 1.29 is 13.2 Å². The molecule has 0 aromatic rings. The van der Waals surface area contributed by atoms with Crippen LogP contribution in [0.25, 0.3) is 0 Å². The van der Waals surface area contributed by atoms with E-state index >= 15 is 0 Å². The third-order valence-electron chi connectivity index (χ3n) is 3.17. The number of carbonyl (C=O) groups is 1. The zero-order valence-corrected chi connectivity index (χ0v) is 12.3. The quantitative estimate of drug-likeness (QED) is 0.772. The van der Waals surface area contributed by atoms with Crippen LogP contribution in [0.1, 0.15) is 33.1 Å². The van der Waals surface area contributed by atoms with Gasteiger partial charge in [0.05, 0.1) is 12.8 Å². The number of ketones is 1. The third kappa shape index (κ3) is 5.46. The van der Waals surface area contributed by atoms with Gasteiger partial charge in [0.25, 0.3) is 0 Å². The Bertz CT molecular complexity index is 379. The number of piperidine rings is 1. The summed E-state index contributed by atoms with van der Waals surface area (Å²) in [6.07, 6.45) is 3.51. The molecule has 1 rings (SSSR count). The maximum Gasteiger partial charge on any atom is 0.211 e. The molecule has 6 heteroatoms. The van der Waals surface area contributed by atoms with E-state index in [-0.39, 0.29) is 11.7 Å². The summed E-state index contributed by atoms with van der Waals surface area (Å²) in [6.45, 7) is 5.46. The largest absolute Gasteiger partial charge is 0.308 e. The summed E-state index contributed by atoms with van der Waals surface area (Å²) >= 11 is 0. The summed E-state index contributed by atoms with van der Waals surface area (Å²) in [4.78, 5) is 11.7. The number of Topliss-reactive ketones (excluding diaryl/α,β-unsaturated/α-hetero) is 1. The molecule has 0 amide bonds. The molecule has 18 heavy (non-hydrogen) atoms. The lowest BCUT2D eigenvalue weighted by Gasteiger charge is -2.30. The van der Waals surface area contributed by atoms with Gasteiger partial charge in [-0.25, -0.2) is 12.7 Å². The number of sulfonamides is 1. The van der Waals surface area contributed by atoms with Crippen LogP contribution in [0.4, 0.5) is 0 Å². The van der Waals surface area contributed by atoms with Gasteiger partial charge in [-0.3, -0.25) is 4.79 Å². The first-order chi connectivity index (χ1) is 8.29. The topological polar surface area (TPSA) is 66.5 Å². The molecule has 0 bridgehead atoms. The van der Waals surface area contributed by atoms with Crippen LogP contribution in [-0.2, 0) is 14.8 Å². The Morgan fingerprint density at radius 3 is 2.67 bits per heavy atom. The van der Waals surface area contributed by atoms with Gasteiger partial charge in [-0.2, -0.15) is 0 Å². The van der Waals surface area contributed by atoms with E-state index in [0.29, 0.717) is 32.1 Å². The SMILES string of the molecule is CC(C)NCC(=O)CC1CCCN(S(C)(=O)=O)C1. The Labute approximate surface area is 110 Å². The number of nitrogens with zero attached hydrogens (tertiary/aromatic N) is 1. The van der Waals surface area contributed by atoms with Gasteiger partial charge in [0.1, 0.15) is 5.78 Å². The van der Waals surface area contributed by atoms with Crippen molar-refractivity contribution in [3.8, 4) is 0 Å². The Hall–Kier alpha value is -0.460. The maximum absolute atomic E-state index is 11.7. The minimum absolute atomic E-state index is 0.170. The molecule has 106 valence electrons. The van der Waals surface area contributed by atoms with Crippen molar-refractivity contribution in [2.24, 2.45) is 5.92 Å². The van der Waals surface area contributed by atoms with Crippen molar-refractivity contribution in [3.05, 3.63) is 0 Å². The molecule has 0 radical (unpaired) electrons. The lowest BCUT2D eigenvalue weighted by molar-refractivity contribution is -0.119. The molecule has 1 heterocycles. The molecular weight excluding hydrogens is 252 g/mol. The summed E-state index contributed by atoms with van der Waals surface area (Å²) < 4.78 is 24.4. The van der Waals surface area contributed by atoms with Crippen molar-refractivity contribution in [1.29, 1.82) is 0 Å². The molecule has 0 aromatic carbocycles. The minimum atomic E-state index is -3.11. The number of hydrogen-bond acceptors (Lipinski definition) is 4. The smallest absolute Gasteiger partial charge is 0.211 e. The molecule has 1 aliphatic rings. The number of hydrogen-bond donors (Lipinski definition) is 1. The number of rotatable bonds is 6. The van der Waals surface area contributed by atoms with E-state index in [1.165, 1.54) is 10.6 Å². The first-order valence-corrected chi connectivity index (χ1v) is 8.34. The normalized spacial score (nSPS) is 22.3. The van der Waals surface area contributed by atoms with E-state index < -0.39 is 10.0 Å². The average molecular weight is 276 g/mol. The van der Waals surface area contributed by atoms with Gasteiger partial charge in [0.2, 0.25) is 10.0 Å². The number of carbonyl (C=O) groups excluding carboxylic acids is 1. The predicted octanol–water partition coefficient (Wildman–Crippen LogP) is 0.615. The highest BCUT2D eigenvalue weighted by atomic mass is 32.2. The van der Waals surface area contributed by atoms with E-state index in [2.05, 4.69) is 5.32 Å². The van der Waals surface area contributed by atoms with E-state index in [4.69, 9.17) is 0 Å². The Morgan fingerprint density at radius 1 is 1.44 bits per heavy atom. The van der Waals surface area contributed by atoms with Crippen LogP contribution in [0.15, 0.2) is 0 Å². The summed E-state index contributed by atoms with van der Waals surface area (Å²) in [5.41, 5.74) is 0. The highest BCUT2D eigenvalue weighted by Gasteiger charge is 2.26. The van der Waals surface area contributed by atoms with E-state index in [9.17, 15) is 13.2 Å². The molecule has 1 atom stereocenters. The molecule has 0 aromatic heterocycles. The molecule has 0 spiro atoms. The van der Waals surface area contributed by atoms with Gasteiger partial charge < -0.3 is 5.32 Å². The first-order valence-electron chi connectivity index (χ1n) is 6.49. The summed E-state index contributed by atoms with van der Waals surface area (Å²) in [7, 11) is -3.11. The van der Waals surface area contributed by atoms with Crippen LogP contribution in [-0.4, -0.2) is 50.4 Å². The van der Waals surface area contributed by atoms with Crippen LogP contribution in [0.2, 0.25) is 0 Å². The van der Waals surface area contributed by atoms with Crippen LogP contribution < -0.4 is 5.32 Å². The summed E-state index contributed by atoms with van der Waals surface area (Å²) in [6, 6.07) is 0.299. The van der Waals surface area contributed by atoms with Gasteiger partial charge in [-0.1, -0.05) is 13.8 Å². The molecule has 0 saturated carbocycles. The Morgan fingerprint density at radius 2 is 2.11 bits per heavy atom. The van der Waals surface area contributed by atoms with E-state index in [1.807, 2.05) is 13.8 Å². The van der Waals surface area contributed by atoms with Crippen LogP contribution in [0, 0.1) is 5.92 Å². The second-order valence-corrected chi connectivity index (χ2v) is 7.39. The van der Waals surface area contributed by atoms with Crippen molar-refractivity contribution >= 4 is 15.8 Å². The molecule has 1 unspecified atom stereocenters. The Kier molecular flexibility index (Phi) is 5.75. The van der Waals surface area contributed by atoms with Crippen LogP contribution in [0.5, 0.6) is 0 Å². The highest BCUT2D eigenvalue weighted by Crippen LogP contribution is 2.21. The van der Waals surface area contributed by atoms with Crippen molar-refractivity contribution in [1.82, 2.24) is 9.62 Å². The molecule has 1 N–H and O–H groups in total. The van der Waals surface area contributed by atoms with Crippen molar-refractivity contribution in [2.75, 3.05) is 25.9 Å². The molecule has 1 fully saturated rings. The molecule has 0 aliphatic carbocycles. The predicted molar refractivity (Wildman–Crippen MR) is 71.9 cm³/mol. The fraction of sp³-hybridized carbons (Fsp3) is 0.917. The standard InChI is InChI=1S/C12H24N2O3S/c1-10(2)13-8-12(15)7-11-5-4-6-14(9-11)18(3,16)17/h10-11,13H,4-9H2,1-3H3. The second kappa shape index (κ2) is 6.63. The van der Waals surface area contributed by atoms with E-state index in [1.54, 1.807) is 0 Å².